The van der Waals surface area contributed by atoms with E-state index in [1.54, 1.807) is 0 Å². The van der Waals surface area contributed by atoms with Crippen LogP contribution < -0.4 is 4.74 Å². The molecule has 4 heteroatoms. The number of rotatable bonds is 4. The van der Waals surface area contributed by atoms with Crippen molar-refractivity contribution < 1.29 is 4.74 Å². The van der Waals surface area contributed by atoms with Gasteiger partial charge in [-0.25, -0.2) is 9.97 Å². The molecule has 3 heterocycles. The smallest absolute Gasteiger partial charge is 0.125 e. The zero-order valence-electron chi connectivity index (χ0n) is 14.7. The second-order valence-electron chi connectivity index (χ2n) is 7.25. The van der Waals surface area contributed by atoms with Crippen LogP contribution in [0, 0.1) is 6.92 Å². The molecule has 1 saturated heterocycles. The number of hydrogen-bond donors (Lipinski definition) is 0. The van der Waals surface area contributed by atoms with Gasteiger partial charge < -0.3 is 4.74 Å². The second kappa shape index (κ2) is 6.17. The van der Waals surface area contributed by atoms with E-state index in [1.165, 1.54) is 29.7 Å². The Bertz CT molecular complexity index is 726. The summed E-state index contributed by atoms with van der Waals surface area (Å²) in [5, 5.41) is 0. The highest BCUT2D eigenvalue weighted by Gasteiger charge is 2.40. The van der Waals surface area contributed by atoms with Gasteiger partial charge >= 0.3 is 0 Å². The third kappa shape index (κ3) is 2.91. The fourth-order valence-electron chi connectivity index (χ4n) is 4.08. The molecule has 4 rings (SSSR count). The van der Waals surface area contributed by atoms with Gasteiger partial charge in [0, 0.05) is 36.8 Å². The van der Waals surface area contributed by atoms with E-state index in [4.69, 9.17) is 4.74 Å². The summed E-state index contributed by atoms with van der Waals surface area (Å²) in [5.41, 5.74) is 3.96. The number of aryl methyl sites for hydroxylation is 1. The van der Waals surface area contributed by atoms with Crippen LogP contribution >= 0.6 is 0 Å². The number of nitrogens with zero attached hydrogens (tertiary/aromatic N) is 3. The lowest BCUT2D eigenvalue weighted by molar-refractivity contribution is 0.166. The third-order valence-corrected chi connectivity index (χ3v) is 5.11. The lowest BCUT2D eigenvalue weighted by Gasteiger charge is -2.35. The Morgan fingerprint density at radius 1 is 1.21 bits per heavy atom. The van der Waals surface area contributed by atoms with E-state index in [0.717, 1.165) is 24.5 Å². The van der Waals surface area contributed by atoms with Gasteiger partial charge in [-0.1, -0.05) is 12.1 Å². The van der Waals surface area contributed by atoms with Gasteiger partial charge in [-0.3, -0.25) is 4.90 Å². The topological polar surface area (TPSA) is 38.2 Å². The SMILES string of the molecule is Cc1ncc2c(n1)C[C@@H]1CC[C@H]2N1Cc1ccc(OC(C)C)cc1. The van der Waals surface area contributed by atoms with E-state index < -0.39 is 0 Å². The van der Waals surface area contributed by atoms with Gasteiger partial charge in [0.05, 0.1) is 11.8 Å². The van der Waals surface area contributed by atoms with Crippen LogP contribution in [0.2, 0.25) is 0 Å². The first kappa shape index (κ1) is 15.6. The van der Waals surface area contributed by atoms with E-state index >= 15 is 0 Å². The summed E-state index contributed by atoms with van der Waals surface area (Å²) in [6, 6.07) is 9.65. The fourth-order valence-corrected chi connectivity index (χ4v) is 4.08. The van der Waals surface area contributed by atoms with Gasteiger partial charge in [0.2, 0.25) is 0 Å². The molecule has 0 spiro atoms. The Labute approximate surface area is 143 Å². The van der Waals surface area contributed by atoms with E-state index in [-0.39, 0.29) is 6.10 Å². The molecular formula is C20H25N3O. The quantitative estimate of drug-likeness (QED) is 0.857. The van der Waals surface area contributed by atoms with Crippen LogP contribution in [0.1, 0.15) is 55.4 Å². The zero-order valence-corrected chi connectivity index (χ0v) is 14.7. The lowest BCUT2D eigenvalue weighted by Crippen LogP contribution is -2.37. The van der Waals surface area contributed by atoms with Gasteiger partial charge in [-0.2, -0.15) is 0 Å². The number of benzene rings is 1. The summed E-state index contributed by atoms with van der Waals surface area (Å²) in [4.78, 5) is 11.8. The largest absolute Gasteiger partial charge is 0.491 e. The van der Waals surface area contributed by atoms with Crippen molar-refractivity contribution in [2.24, 2.45) is 0 Å². The Morgan fingerprint density at radius 3 is 2.75 bits per heavy atom. The van der Waals surface area contributed by atoms with Crippen molar-refractivity contribution in [3.05, 3.63) is 53.1 Å². The van der Waals surface area contributed by atoms with Gasteiger partial charge in [0.15, 0.2) is 0 Å². The molecule has 24 heavy (non-hydrogen) atoms. The Morgan fingerprint density at radius 2 is 2.00 bits per heavy atom. The maximum atomic E-state index is 5.74. The molecule has 0 amide bonds. The van der Waals surface area contributed by atoms with Crippen LogP contribution in [0.3, 0.4) is 0 Å². The minimum atomic E-state index is 0.216. The number of aromatic nitrogens is 2. The van der Waals surface area contributed by atoms with Crippen LogP contribution in [0.5, 0.6) is 5.75 Å². The summed E-state index contributed by atoms with van der Waals surface area (Å²) >= 11 is 0. The highest BCUT2D eigenvalue weighted by atomic mass is 16.5. The standard InChI is InChI=1S/C20H25N3O/c1-13(2)24-17-7-4-15(5-8-17)12-23-16-6-9-20(23)18-11-21-14(3)22-19(18)10-16/h4-5,7-8,11,13,16,20H,6,9-10,12H2,1-3H3/t16-,20+/m0/s1. The van der Waals surface area contributed by atoms with E-state index in [2.05, 4.69) is 59.2 Å². The first-order valence-electron chi connectivity index (χ1n) is 8.94. The molecule has 1 aromatic heterocycles. The number of fused-ring (bicyclic) bond motifs is 4. The van der Waals surface area contributed by atoms with Crippen molar-refractivity contribution in [3.63, 3.8) is 0 Å². The van der Waals surface area contributed by atoms with Crippen LogP contribution in [-0.2, 0) is 13.0 Å². The molecule has 4 nitrogen and oxygen atoms in total. The van der Waals surface area contributed by atoms with Gasteiger partial charge in [0.25, 0.3) is 0 Å². The van der Waals surface area contributed by atoms with Gasteiger partial charge in [-0.05, 0) is 51.3 Å². The summed E-state index contributed by atoms with van der Waals surface area (Å²) < 4.78 is 5.74. The minimum Gasteiger partial charge on any atom is -0.491 e. The summed E-state index contributed by atoms with van der Waals surface area (Å²) in [7, 11) is 0. The maximum Gasteiger partial charge on any atom is 0.125 e. The minimum absolute atomic E-state index is 0.216. The second-order valence-corrected chi connectivity index (χ2v) is 7.25. The van der Waals surface area contributed by atoms with Crippen molar-refractivity contribution in [2.45, 2.75) is 64.8 Å². The van der Waals surface area contributed by atoms with Crippen molar-refractivity contribution >= 4 is 0 Å². The highest BCUT2D eigenvalue weighted by molar-refractivity contribution is 5.31. The molecule has 0 unspecified atom stereocenters. The van der Waals surface area contributed by atoms with Crippen molar-refractivity contribution in [2.75, 3.05) is 0 Å². The van der Waals surface area contributed by atoms with Gasteiger partial charge in [-0.15, -0.1) is 0 Å². The highest BCUT2D eigenvalue weighted by Crippen LogP contribution is 2.43. The molecule has 2 aliphatic heterocycles. The molecule has 1 fully saturated rings. The first-order chi connectivity index (χ1) is 11.6. The molecule has 0 saturated carbocycles. The predicted octanol–water partition coefficient (Wildman–Crippen LogP) is 3.83. The molecule has 0 N–H and O–H groups in total. The van der Waals surface area contributed by atoms with Gasteiger partial charge in [0.1, 0.15) is 11.6 Å². The Hall–Kier alpha value is -1.94. The third-order valence-electron chi connectivity index (χ3n) is 5.11. The molecule has 0 aliphatic carbocycles. The molecule has 1 aromatic carbocycles. The average molecular weight is 323 g/mol. The number of ether oxygens (including phenoxy) is 1. The summed E-state index contributed by atoms with van der Waals surface area (Å²) in [6.45, 7) is 7.08. The molecule has 2 atom stereocenters. The number of hydrogen-bond acceptors (Lipinski definition) is 4. The molecule has 0 radical (unpaired) electrons. The normalized spacial score (nSPS) is 22.7. The lowest BCUT2D eigenvalue weighted by atomic mass is 9.98. The Balaban J connectivity index is 1.52. The zero-order chi connectivity index (χ0) is 16.7. The monoisotopic (exact) mass is 323 g/mol. The maximum absolute atomic E-state index is 5.74. The molecule has 2 aromatic rings. The summed E-state index contributed by atoms with van der Waals surface area (Å²) in [6.07, 6.45) is 5.81. The molecule has 2 bridgehead atoms. The van der Waals surface area contributed by atoms with Crippen LogP contribution in [0.25, 0.3) is 0 Å². The molecule has 126 valence electrons. The van der Waals surface area contributed by atoms with E-state index in [0.29, 0.717) is 12.1 Å². The van der Waals surface area contributed by atoms with Crippen molar-refractivity contribution in [3.8, 4) is 5.75 Å². The van der Waals surface area contributed by atoms with Crippen LogP contribution in [0.4, 0.5) is 0 Å². The van der Waals surface area contributed by atoms with E-state index in [1.807, 2.05) is 6.92 Å². The first-order valence-corrected chi connectivity index (χ1v) is 8.94. The Kier molecular flexibility index (Phi) is 4.01. The van der Waals surface area contributed by atoms with E-state index in [9.17, 15) is 0 Å². The van der Waals surface area contributed by atoms with Crippen LogP contribution in [-0.4, -0.2) is 27.0 Å². The fraction of sp³-hybridized carbons (Fsp3) is 0.500. The van der Waals surface area contributed by atoms with Crippen molar-refractivity contribution in [1.82, 2.24) is 14.9 Å². The molecule has 2 aliphatic rings. The van der Waals surface area contributed by atoms with Crippen molar-refractivity contribution in [1.29, 1.82) is 0 Å². The van der Waals surface area contributed by atoms with Crippen LogP contribution in [0.15, 0.2) is 30.5 Å². The summed E-state index contributed by atoms with van der Waals surface area (Å²) in [5.74, 6) is 1.84. The molecular weight excluding hydrogens is 298 g/mol. The average Bonchev–Trinajstić information content (AvgIpc) is 2.82. The predicted molar refractivity (Wildman–Crippen MR) is 94.0 cm³/mol.